The van der Waals surface area contributed by atoms with Crippen molar-refractivity contribution < 1.29 is 9.15 Å². The van der Waals surface area contributed by atoms with Crippen LogP contribution in [0.15, 0.2) is 33.5 Å². The molecule has 0 fully saturated rings. The average Bonchev–Trinajstić information content (AvgIpc) is 2.81. The van der Waals surface area contributed by atoms with Gasteiger partial charge in [-0.25, -0.2) is 4.98 Å². The molecule has 0 aromatic carbocycles. The molecule has 6 heteroatoms. The number of pyridine rings is 1. The van der Waals surface area contributed by atoms with Gasteiger partial charge < -0.3 is 19.4 Å². The molecule has 0 unspecified atom stereocenters. The molecule has 1 N–H and O–H groups in total. The number of anilines is 2. The number of aromatic nitrogens is 1. The van der Waals surface area contributed by atoms with Gasteiger partial charge >= 0.3 is 0 Å². The number of nitrogens with zero attached hydrogens (tertiary/aromatic N) is 2. The minimum Gasteiger partial charge on any atom is -0.479 e. The van der Waals surface area contributed by atoms with Crippen molar-refractivity contribution >= 4 is 27.3 Å². The van der Waals surface area contributed by atoms with Gasteiger partial charge in [-0.3, -0.25) is 0 Å². The van der Waals surface area contributed by atoms with Gasteiger partial charge in [0.2, 0.25) is 5.88 Å². The Balaban J connectivity index is 2.22. The van der Waals surface area contributed by atoms with Gasteiger partial charge in [-0.1, -0.05) is 0 Å². The second-order valence-corrected chi connectivity index (χ2v) is 4.95. The molecule has 0 spiro atoms. The average molecular weight is 326 g/mol. The second kappa shape index (κ2) is 5.97. The molecule has 2 aromatic rings. The normalized spacial score (nSPS) is 10.3. The molecule has 0 amide bonds. The van der Waals surface area contributed by atoms with E-state index in [1.807, 2.05) is 37.2 Å². The molecule has 0 saturated carbocycles. The molecule has 5 nitrogen and oxygen atoms in total. The molecule has 0 radical (unpaired) electrons. The Labute approximate surface area is 120 Å². The maximum atomic E-state index is 5.46. The van der Waals surface area contributed by atoms with Crippen molar-refractivity contribution in [2.75, 3.05) is 31.4 Å². The van der Waals surface area contributed by atoms with Gasteiger partial charge in [0.1, 0.15) is 11.4 Å². The van der Waals surface area contributed by atoms with Crippen LogP contribution in [-0.4, -0.2) is 26.2 Å². The summed E-state index contributed by atoms with van der Waals surface area (Å²) in [4.78, 5) is 6.21. The molecule has 0 saturated heterocycles. The van der Waals surface area contributed by atoms with Crippen LogP contribution >= 0.6 is 15.9 Å². The Morgan fingerprint density at radius 3 is 2.74 bits per heavy atom. The van der Waals surface area contributed by atoms with Crippen molar-refractivity contribution in [2.45, 2.75) is 6.54 Å². The summed E-state index contributed by atoms with van der Waals surface area (Å²) >= 11 is 3.28. The first-order chi connectivity index (χ1) is 9.11. The number of hydrogen-bond donors (Lipinski definition) is 1. The topological polar surface area (TPSA) is 50.5 Å². The highest BCUT2D eigenvalue weighted by molar-refractivity contribution is 9.10. The molecule has 0 atom stereocenters. The zero-order chi connectivity index (χ0) is 13.8. The molecule has 2 heterocycles. The number of nitrogens with one attached hydrogen (secondary N) is 1. The van der Waals surface area contributed by atoms with E-state index in [9.17, 15) is 0 Å². The third-order valence-electron chi connectivity index (χ3n) is 2.64. The van der Waals surface area contributed by atoms with Crippen LogP contribution in [-0.2, 0) is 6.54 Å². The highest BCUT2D eigenvalue weighted by Gasteiger charge is 2.12. The lowest BCUT2D eigenvalue weighted by molar-refractivity contribution is 0.399. The molecule has 2 aromatic heterocycles. The Hall–Kier alpha value is -1.69. The Morgan fingerprint density at radius 1 is 1.37 bits per heavy atom. The van der Waals surface area contributed by atoms with Gasteiger partial charge in [0.15, 0.2) is 4.67 Å². The maximum absolute atomic E-state index is 5.46. The fourth-order valence-corrected chi connectivity index (χ4v) is 2.09. The molecule has 2 rings (SSSR count). The minimum atomic E-state index is 0.564. The number of hydrogen-bond acceptors (Lipinski definition) is 5. The van der Waals surface area contributed by atoms with Crippen LogP contribution in [0.2, 0.25) is 0 Å². The van der Waals surface area contributed by atoms with Gasteiger partial charge in [0.05, 0.1) is 19.3 Å². The van der Waals surface area contributed by atoms with E-state index in [-0.39, 0.29) is 0 Å². The summed E-state index contributed by atoms with van der Waals surface area (Å²) in [7, 11) is 5.56. The van der Waals surface area contributed by atoms with Crippen LogP contribution < -0.4 is 15.0 Å². The lowest BCUT2D eigenvalue weighted by atomic mass is 10.3. The molecular formula is C13H16BrN3O2. The molecule has 0 bridgehead atoms. The zero-order valence-corrected chi connectivity index (χ0v) is 12.7. The van der Waals surface area contributed by atoms with Crippen molar-refractivity contribution in [3.8, 4) is 5.88 Å². The Bertz CT molecular complexity index is 555. The highest BCUT2D eigenvalue weighted by Crippen LogP contribution is 2.32. The number of methoxy groups -OCH3 is 1. The van der Waals surface area contributed by atoms with Gasteiger partial charge in [0, 0.05) is 20.3 Å². The molecule has 0 aliphatic heterocycles. The fourth-order valence-electron chi connectivity index (χ4n) is 1.75. The summed E-state index contributed by atoms with van der Waals surface area (Å²) in [5, 5.41) is 3.30. The van der Waals surface area contributed by atoms with E-state index < -0.39 is 0 Å². The van der Waals surface area contributed by atoms with Crippen molar-refractivity contribution in [1.82, 2.24) is 4.98 Å². The number of furan rings is 1. The minimum absolute atomic E-state index is 0.564. The van der Waals surface area contributed by atoms with Crippen molar-refractivity contribution in [3.63, 3.8) is 0 Å². The fraction of sp³-hybridized carbons (Fsp3) is 0.308. The maximum Gasteiger partial charge on any atom is 0.239 e. The summed E-state index contributed by atoms with van der Waals surface area (Å²) in [6.45, 7) is 0.564. The van der Waals surface area contributed by atoms with Crippen LogP contribution in [0.1, 0.15) is 5.76 Å². The quantitative estimate of drug-likeness (QED) is 0.915. The van der Waals surface area contributed by atoms with E-state index in [1.165, 1.54) is 0 Å². The Kier molecular flexibility index (Phi) is 4.31. The van der Waals surface area contributed by atoms with Crippen molar-refractivity contribution in [1.29, 1.82) is 0 Å². The summed E-state index contributed by atoms with van der Waals surface area (Å²) in [5.74, 6) is 1.40. The lowest BCUT2D eigenvalue weighted by Crippen LogP contribution is -2.13. The molecular weight excluding hydrogens is 310 g/mol. The smallest absolute Gasteiger partial charge is 0.239 e. The predicted molar refractivity (Wildman–Crippen MR) is 78.9 cm³/mol. The first-order valence-electron chi connectivity index (χ1n) is 5.80. The number of rotatable bonds is 5. The standard InChI is InChI=1S/C13H16BrN3O2/c1-17(2)10-6-7-15-13(18-3)12(10)16-8-9-4-5-11(14)19-9/h4-7,16H,8H2,1-3H3. The predicted octanol–water partition coefficient (Wildman–Crippen LogP) is 3.12. The number of ether oxygens (including phenoxy) is 1. The second-order valence-electron chi connectivity index (χ2n) is 4.17. The summed E-state index contributed by atoms with van der Waals surface area (Å²) in [6.07, 6.45) is 1.73. The number of halogens is 1. The van der Waals surface area contributed by atoms with Crippen LogP contribution in [0.5, 0.6) is 5.88 Å². The van der Waals surface area contributed by atoms with E-state index in [4.69, 9.17) is 9.15 Å². The third-order valence-corrected chi connectivity index (χ3v) is 3.06. The first-order valence-corrected chi connectivity index (χ1v) is 6.59. The van der Waals surface area contributed by atoms with E-state index >= 15 is 0 Å². The summed E-state index contributed by atoms with van der Waals surface area (Å²) < 4.78 is 11.5. The van der Waals surface area contributed by atoms with Crippen LogP contribution in [0.3, 0.4) is 0 Å². The monoisotopic (exact) mass is 325 g/mol. The largest absolute Gasteiger partial charge is 0.479 e. The van der Waals surface area contributed by atoms with E-state index in [0.717, 1.165) is 21.8 Å². The first kappa shape index (κ1) is 13.7. The Morgan fingerprint density at radius 2 is 2.16 bits per heavy atom. The molecule has 0 aliphatic carbocycles. The highest BCUT2D eigenvalue weighted by atomic mass is 79.9. The lowest BCUT2D eigenvalue weighted by Gasteiger charge is -2.19. The summed E-state index contributed by atoms with van der Waals surface area (Å²) in [6, 6.07) is 5.71. The van der Waals surface area contributed by atoms with Crippen LogP contribution in [0.25, 0.3) is 0 Å². The third kappa shape index (κ3) is 3.20. The van der Waals surface area contributed by atoms with Gasteiger partial charge in [-0.2, -0.15) is 0 Å². The van der Waals surface area contributed by atoms with E-state index in [2.05, 4.69) is 26.2 Å². The van der Waals surface area contributed by atoms with Crippen molar-refractivity contribution in [2.24, 2.45) is 0 Å². The SMILES string of the molecule is COc1nccc(N(C)C)c1NCc1ccc(Br)o1. The molecule has 102 valence electrons. The van der Waals surface area contributed by atoms with E-state index in [1.54, 1.807) is 13.3 Å². The van der Waals surface area contributed by atoms with Crippen LogP contribution in [0.4, 0.5) is 11.4 Å². The molecule has 0 aliphatic rings. The summed E-state index contributed by atoms with van der Waals surface area (Å²) in [5.41, 5.74) is 1.86. The van der Waals surface area contributed by atoms with Gasteiger partial charge in [-0.05, 0) is 34.1 Å². The van der Waals surface area contributed by atoms with Gasteiger partial charge in [0.25, 0.3) is 0 Å². The van der Waals surface area contributed by atoms with Crippen molar-refractivity contribution in [3.05, 3.63) is 34.8 Å². The molecule has 19 heavy (non-hydrogen) atoms. The van der Waals surface area contributed by atoms with E-state index in [0.29, 0.717) is 12.4 Å². The van der Waals surface area contributed by atoms with Gasteiger partial charge in [-0.15, -0.1) is 0 Å². The van der Waals surface area contributed by atoms with Crippen LogP contribution in [0, 0.1) is 0 Å². The zero-order valence-electron chi connectivity index (χ0n) is 11.1.